The van der Waals surface area contributed by atoms with Gasteiger partial charge in [0.1, 0.15) is 5.69 Å². The summed E-state index contributed by atoms with van der Waals surface area (Å²) >= 11 is 6.19. The van der Waals surface area contributed by atoms with Crippen LogP contribution in [0.3, 0.4) is 0 Å². The lowest BCUT2D eigenvalue weighted by molar-refractivity contribution is 0.0988. The highest BCUT2D eigenvalue weighted by Crippen LogP contribution is 2.36. The van der Waals surface area contributed by atoms with Crippen molar-refractivity contribution in [3.05, 3.63) is 58.8 Å². The standard InChI is InChI=1S/C19H17ClN2O4/c1-11-4-6-12(7-5-11)14-9-18(26-22-14)19(23)21-15-10-17(25-3)16(24-2)8-13(15)20/h4-10H,1-3H3,(H,21,23). The van der Waals surface area contributed by atoms with E-state index in [1.807, 2.05) is 31.2 Å². The number of anilines is 1. The van der Waals surface area contributed by atoms with E-state index in [0.717, 1.165) is 11.1 Å². The number of amides is 1. The van der Waals surface area contributed by atoms with Crippen LogP contribution in [0.15, 0.2) is 47.0 Å². The van der Waals surface area contributed by atoms with E-state index in [9.17, 15) is 4.79 Å². The number of carbonyl (C=O) groups excluding carboxylic acids is 1. The highest BCUT2D eigenvalue weighted by Gasteiger charge is 2.17. The molecule has 0 saturated carbocycles. The maximum Gasteiger partial charge on any atom is 0.294 e. The molecule has 1 heterocycles. The summed E-state index contributed by atoms with van der Waals surface area (Å²) in [5.41, 5.74) is 2.96. The van der Waals surface area contributed by atoms with Gasteiger partial charge in [0, 0.05) is 23.8 Å². The lowest BCUT2D eigenvalue weighted by Gasteiger charge is -2.11. The average Bonchev–Trinajstić information content (AvgIpc) is 3.13. The molecule has 1 aromatic heterocycles. The van der Waals surface area contributed by atoms with Gasteiger partial charge >= 0.3 is 0 Å². The molecule has 2 aromatic carbocycles. The Morgan fingerprint density at radius 1 is 1.08 bits per heavy atom. The maximum absolute atomic E-state index is 12.4. The number of carbonyl (C=O) groups is 1. The largest absolute Gasteiger partial charge is 0.493 e. The van der Waals surface area contributed by atoms with Crippen LogP contribution in [-0.2, 0) is 0 Å². The Hall–Kier alpha value is -2.99. The van der Waals surface area contributed by atoms with Crippen molar-refractivity contribution < 1.29 is 18.8 Å². The monoisotopic (exact) mass is 372 g/mol. The topological polar surface area (TPSA) is 73.6 Å². The van der Waals surface area contributed by atoms with E-state index in [-0.39, 0.29) is 5.76 Å². The number of halogens is 1. The zero-order chi connectivity index (χ0) is 18.7. The lowest BCUT2D eigenvalue weighted by atomic mass is 10.1. The molecule has 0 spiro atoms. The van der Waals surface area contributed by atoms with E-state index < -0.39 is 5.91 Å². The van der Waals surface area contributed by atoms with E-state index in [1.165, 1.54) is 14.2 Å². The van der Waals surface area contributed by atoms with Gasteiger partial charge in [-0.1, -0.05) is 46.6 Å². The Balaban J connectivity index is 1.82. The first-order valence-corrected chi connectivity index (χ1v) is 8.16. The number of aryl methyl sites for hydroxylation is 1. The van der Waals surface area contributed by atoms with Gasteiger partial charge in [-0.25, -0.2) is 0 Å². The molecule has 26 heavy (non-hydrogen) atoms. The number of aromatic nitrogens is 1. The molecule has 0 saturated heterocycles. The summed E-state index contributed by atoms with van der Waals surface area (Å²) in [4.78, 5) is 12.4. The molecule has 0 aliphatic carbocycles. The molecule has 134 valence electrons. The number of hydrogen-bond donors (Lipinski definition) is 1. The zero-order valence-corrected chi connectivity index (χ0v) is 15.3. The highest BCUT2D eigenvalue weighted by molar-refractivity contribution is 6.34. The summed E-state index contributed by atoms with van der Waals surface area (Å²) in [5, 5.41) is 6.95. The minimum Gasteiger partial charge on any atom is -0.493 e. The van der Waals surface area contributed by atoms with Crippen molar-refractivity contribution in [2.75, 3.05) is 19.5 Å². The molecule has 0 unspecified atom stereocenters. The van der Waals surface area contributed by atoms with Crippen LogP contribution in [-0.4, -0.2) is 25.3 Å². The van der Waals surface area contributed by atoms with E-state index in [4.69, 9.17) is 25.6 Å². The predicted molar refractivity (Wildman–Crippen MR) is 99.2 cm³/mol. The smallest absolute Gasteiger partial charge is 0.294 e. The molecule has 0 aliphatic rings. The van der Waals surface area contributed by atoms with Gasteiger partial charge in [0.2, 0.25) is 5.76 Å². The number of nitrogens with one attached hydrogen (secondary N) is 1. The molecule has 0 radical (unpaired) electrons. The fourth-order valence-electron chi connectivity index (χ4n) is 2.38. The van der Waals surface area contributed by atoms with Crippen LogP contribution in [0.25, 0.3) is 11.3 Å². The predicted octanol–water partition coefficient (Wildman–Crippen LogP) is 4.57. The molecular formula is C19H17ClN2O4. The van der Waals surface area contributed by atoms with Crippen molar-refractivity contribution in [3.63, 3.8) is 0 Å². The Morgan fingerprint density at radius 3 is 2.38 bits per heavy atom. The molecule has 0 aliphatic heterocycles. The Morgan fingerprint density at radius 2 is 1.73 bits per heavy atom. The molecule has 1 N–H and O–H groups in total. The van der Waals surface area contributed by atoms with Crippen molar-refractivity contribution in [2.45, 2.75) is 6.92 Å². The van der Waals surface area contributed by atoms with Gasteiger partial charge in [0.25, 0.3) is 5.91 Å². The third-order valence-corrected chi connectivity index (χ3v) is 4.12. The van der Waals surface area contributed by atoms with E-state index in [2.05, 4.69) is 10.5 Å². The molecule has 0 atom stereocenters. The first-order valence-electron chi connectivity index (χ1n) is 7.78. The summed E-state index contributed by atoms with van der Waals surface area (Å²) in [7, 11) is 3.01. The molecule has 1 amide bonds. The fraction of sp³-hybridized carbons (Fsp3) is 0.158. The van der Waals surface area contributed by atoms with Gasteiger partial charge in [-0.15, -0.1) is 0 Å². The van der Waals surface area contributed by atoms with Gasteiger partial charge in [-0.2, -0.15) is 0 Å². The summed E-state index contributed by atoms with van der Waals surface area (Å²) in [6.07, 6.45) is 0. The van der Waals surface area contributed by atoms with Gasteiger partial charge in [-0.3, -0.25) is 4.79 Å². The quantitative estimate of drug-likeness (QED) is 0.710. The van der Waals surface area contributed by atoms with Crippen molar-refractivity contribution in [1.29, 1.82) is 0 Å². The van der Waals surface area contributed by atoms with Crippen LogP contribution in [0.4, 0.5) is 5.69 Å². The lowest BCUT2D eigenvalue weighted by Crippen LogP contribution is -2.11. The Bertz CT molecular complexity index is 935. The number of benzene rings is 2. The van der Waals surface area contributed by atoms with Gasteiger partial charge in [0.15, 0.2) is 11.5 Å². The maximum atomic E-state index is 12.4. The van der Waals surface area contributed by atoms with E-state index >= 15 is 0 Å². The zero-order valence-electron chi connectivity index (χ0n) is 14.5. The fourth-order valence-corrected chi connectivity index (χ4v) is 2.58. The van der Waals surface area contributed by atoms with Crippen LogP contribution >= 0.6 is 11.6 Å². The number of nitrogens with zero attached hydrogens (tertiary/aromatic N) is 1. The van der Waals surface area contributed by atoms with E-state index in [0.29, 0.717) is 27.9 Å². The van der Waals surface area contributed by atoms with Crippen LogP contribution in [0.2, 0.25) is 5.02 Å². The first kappa shape index (κ1) is 17.8. The minimum absolute atomic E-state index is 0.0754. The summed E-state index contributed by atoms with van der Waals surface area (Å²) in [6, 6.07) is 12.5. The Kier molecular flexibility index (Phi) is 5.14. The second-order valence-electron chi connectivity index (χ2n) is 5.58. The second kappa shape index (κ2) is 7.49. The summed E-state index contributed by atoms with van der Waals surface area (Å²) in [6.45, 7) is 2.00. The third kappa shape index (κ3) is 3.65. The van der Waals surface area contributed by atoms with Crippen LogP contribution < -0.4 is 14.8 Å². The third-order valence-electron chi connectivity index (χ3n) is 3.80. The highest BCUT2D eigenvalue weighted by atomic mass is 35.5. The van der Waals surface area contributed by atoms with Gasteiger partial charge in [0.05, 0.1) is 24.9 Å². The number of hydrogen-bond acceptors (Lipinski definition) is 5. The van der Waals surface area contributed by atoms with Crippen molar-refractivity contribution in [3.8, 4) is 22.8 Å². The van der Waals surface area contributed by atoms with Gasteiger partial charge < -0.3 is 19.3 Å². The molecular weight excluding hydrogens is 356 g/mol. The SMILES string of the molecule is COc1cc(Cl)c(NC(=O)c2cc(-c3ccc(C)cc3)no2)cc1OC. The normalized spacial score (nSPS) is 10.5. The van der Waals surface area contributed by atoms with Crippen LogP contribution in [0.5, 0.6) is 11.5 Å². The first-order chi connectivity index (χ1) is 12.5. The number of ether oxygens (including phenoxy) is 2. The second-order valence-corrected chi connectivity index (χ2v) is 5.99. The number of methoxy groups -OCH3 is 2. The van der Waals surface area contributed by atoms with Crippen LogP contribution in [0.1, 0.15) is 16.1 Å². The van der Waals surface area contributed by atoms with Crippen molar-refractivity contribution >= 4 is 23.2 Å². The molecule has 0 fully saturated rings. The molecule has 3 aromatic rings. The Labute approximate surface area is 155 Å². The summed E-state index contributed by atoms with van der Waals surface area (Å²) < 4.78 is 15.6. The van der Waals surface area contributed by atoms with Crippen LogP contribution in [0, 0.1) is 6.92 Å². The van der Waals surface area contributed by atoms with Crippen molar-refractivity contribution in [1.82, 2.24) is 5.16 Å². The average molecular weight is 373 g/mol. The molecule has 0 bridgehead atoms. The summed E-state index contributed by atoms with van der Waals surface area (Å²) in [5.74, 6) is 0.526. The minimum atomic E-state index is -0.468. The molecule has 7 heteroatoms. The van der Waals surface area contributed by atoms with Gasteiger partial charge in [-0.05, 0) is 6.92 Å². The van der Waals surface area contributed by atoms with E-state index in [1.54, 1.807) is 18.2 Å². The number of rotatable bonds is 5. The molecule has 3 rings (SSSR count). The molecule has 6 nitrogen and oxygen atoms in total. The van der Waals surface area contributed by atoms with Crippen molar-refractivity contribution in [2.24, 2.45) is 0 Å².